The second-order valence-electron chi connectivity index (χ2n) is 7.26. The van der Waals surface area contributed by atoms with Crippen LogP contribution in [0.4, 0.5) is 0 Å². The van der Waals surface area contributed by atoms with Crippen molar-refractivity contribution in [1.29, 1.82) is 0 Å². The average molecular weight is 448 g/mol. The van der Waals surface area contributed by atoms with E-state index in [9.17, 15) is 14.7 Å². The molecule has 0 saturated heterocycles. The first-order valence-corrected chi connectivity index (χ1v) is 11.4. The fraction of sp³-hybridized carbons (Fsp3) is 0.722. The van der Waals surface area contributed by atoms with Gasteiger partial charge in [-0.2, -0.15) is 0 Å². The molecule has 0 radical (unpaired) electrons. The Morgan fingerprint density at radius 2 is 2.10 bits per heavy atom. The van der Waals surface area contributed by atoms with Gasteiger partial charge in [-0.25, -0.2) is 4.79 Å². The number of rotatable bonds is 10. The van der Waals surface area contributed by atoms with E-state index in [1.54, 1.807) is 6.08 Å². The first kappa shape index (κ1) is 25.3. The first-order chi connectivity index (χ1) is 13.7. The van der Waals surface area contributed by atoms with E-state index >= 15 is 0 Å². The van der Waals surface area contributed by atoms with Gasteiger partial charge in [-0.3, -0.25) is 9.79 Å². The summed E-state index contributed by atoms with van der Waals surface area (Å²) in [5.74, 6) is 0.881. The van der Waals surface area contributed by atoms with Crippen LogP contribution in [0, 0.1) is 21.4 Å². The molecule has 29 heavy (non-hydrogen) atoms. The van der Waals surface area contributed by atoms with Gasteiger partial charge in [-0.15, -0.1) is 10.1 Å². The van der Waals surface area contributed by atoms with Crippen molar-refractivity contribution in [3.63, 3.8) is 0 Å². The summed E-state index contributed by atoms with van der Waals surface area (Å²) in [6.07, 6.45) is 6.23. The maximum atomic E-state index is 12.0. The molecule has 1 saturated carbocycles. The van der Waals surface area contributed by atoms with Crippen molar-refractivity contribution in [2.75, 3.05) is 25.2 Å². The Hall–Kier alpha value is -1.75. The fourth-order valence-electron chi connectivity index (χ4n) is 2.56. The summed E-state index contributed by atoms with van der Waals surface area (Å²) < 4.78 is 1.20. The number of carboxylic acid groups (broad SMARTS) is 1. The number of aliphatic carboxylic acids is 1. The molecule has 0 aromatic carbocycles. The van der Waals surface area contributed by atoms with Crippen LogP contribution >= 0.6 is 23.5 Å². The Morgan fingerprint density at radius 1 is 1.45 bits per heavy atom. The lowest BCUT2D eigenvalue weighted by Crippen LogP contribution is -2.29. The van der Waals surface area contributed by atoms with E-state index in [1.165, 1.54) is 4.38 Å². The van der Waals surface area contributed by atoms with Gasteiger partial charge < -0.3 is 15.3 Å². The predicted molar refractivity (Wildman–Crippen MR) is 115 cm³/mol. The van der Waals surface area contributed by atoms with Gasteiger partial charge in [0.1, 0.15) is 10.1 Å². The molecule has 2 aliphatic rings. The smallest absolute Gasteiger partial charge is 0.352 e. The standard InChI is InChI=1S/C17H26N2O3S2.CH3NO3/c1-17(2)11-12(17)14(20)19-13(15(21)22)7-5-3-4-6-9-23-16-18-8-10-24-16;1-5-2(3)4/h7,12H,3-6,8-11H2,1-2H3,(H,19,20)(H,21,22);1H3/b13-7-;. The van der Waals surface area contributed by atoms with Crippen LogP contribution in [-0.4, -0.2) is 51.6 Å². The molecule has 1 unspecified atom stereocenters. The summed E-state index contributed by atoms with van der Waals surface area (Å²) >= 11 is 3.65. The van der Waals surface area contributed by atoms with E-state index in [-0.39, 0.29) is 22.9 Å². The summed E-state index contributed by atoms with van der Waals surface area (Å²) in [4.78, 5) is 40.1. The Bertz CT molecular complexity index is 652. The third kappa shape index (κ3) is 10.6. The number of unbranched alkanes of at least 4 members (excludes halogenated alkanes) is 3. The van der Waals surface area contributed by atoms with Gasteiger partial charge in [0, 0.05) is 11.7 Å². The molecule has 1 atom stereocenters. The van der Waals surface area contributed by atoms with E-state index in [2.05, 4.69) is 15.1 Å². The lowest BCUT2D eigenvalue weighted by Gasteiger charge is -2.07. The van der Waals surface area contributed by atoms with E-state index in [0.29, 0.717) is 6.42 Å². The highest BCUT2D eigenvalue weighted by Crippen LogP contribution is 2.51. The highest BCUT2D eigenvalue weighted by atomic mass is 32.2. The Kier molecular flexibility index (Phi) is 11.1. The zero-order chi connectivity index (χ0) is 21.9. The molecule has 0 bridgehead atoms. The van der Waals surface area contributed by atoms with E-state index in [4.69, 9.17) is 10.1 Å². The zero-order valence-corrected chi connectivity index (χ0v) is 18.6. The van der Waals surface area contributed by atoms with Crippen LogP contribution in [0.15, 0.2) is 16.8 Å². The summed E-state index contributed by atoms with van der Waals surface area (Å²) in [7, 11) is 1.00. The normalized spacial score (nSPS) is 19.5. The number of carbonyl (C=O) groups excluding carboxylic acids is 1. The summed E-state index contributed by atoms with van der Waals surface area (Å²) in [5, 5.41) is 19.9. The molecule has 0 spiro atoms. The van der Waals surface area contributed by atoms with Crippen LogP contribution in [0.25, 0.3) is 0 Å². The van der Waals surface area contributed by atoms with Crippen molar-refractivity contribution < 1.29 is 24.6 Å². The molecule has 1 aliphatic carbocycles. The van der Waals surface area contributed by atoms with E-state index in [0.717, 1.165) is 50.8 Å². The minimum absolute atomic E-state index is 0.00721. The highest BCUT2D eigenvalue weighted by Gasteiger charge is 2.50. The van der Waals surface area contributed by atoms with Crippen LogP contribution < -0.4 is 5.32 Å². The topological polar surface area (TPSA) is 131 Å². The molecule has 1 fully saturated rings. The summed E-state index contributed by atoms with van der Waals surface area (Å²) in [6.45, 7) is 4.99. The van der Waals surface area contributed by atoms with Crippen LogP contribution in [0.3, 0.4) is 0 Å². The van der Waals surface area contributed by atoms with E-state index in [1.807, 2.05) is 37.4 Å². The van der Waals surface area contributed by atoms with Crippen LogP contribution in [-0.2, 0) is 14.4 Å². The molecule has 0 aromatic heterocycles. The molecule has 1 heterocycles. The van der Waals surface area contributed by atoms with Gasteiger partial charge in [-0.05, 0) is 36.9 Å². The molecular formula is C18H29N3O6S2. The van der Waals surface area contributed by atoms with Crippen molar-refractivity contribution in [2.24, 2.45) is 16.3 Å². The summed E-state index contributed by atoms with van der Waals surface area (Å²) in [5.41, 5.74) is 0.0292. The minimum Gasteiger partial charge on any atom is -0.477 e. The van der Waals surface area contributed by atoms with Gasteiger partial charge >= 0.3 is 5.97 Å². The monoisotopic (exact) mass is 447 g/mol. The van der Waals surface area contributed by atoms with Crippen LogP contribution in [0.2, 0.25) is 0 Å². The Balaban J connectivity index is 0.000000749. The SMILES string of the molecule is CC1(C)CC1C(=O)N/C(=C\CCCCCSC1=NCCS1)C(=O)O.CO[N+](=O)[O-]. The number of thioether (sulfide) groups is 2. The Labute approximate surface area is 179 Å². The second-order valence-corrected chi connectivity index (χ2v) is 9.68. The number of amides is 1. The van der Waals surface area contributed by atoms with Gasteiger partial charge in [0.25, 0.3) is 5.09 Å². The Morgan fingerprint density at radius 3 is 2.59 bits per heavy atom. The zero-order valence-electron chi connectivity index (χ0n) is 17.0. The molecular weight excluding hydrogens is 418 g/mol. The van der Waals surface area contributed by atoms with Crippen molar-refractivity contribution >= 4 is 39.8 Å². The first-order valence-electron chi connectivity index (χ1n) is 9.40. The second kappa shape index (κ2) is 12.7. The maximum Gasteiger partial charge on any atom is 0.352 e. The van der Waals surface area contributed by atoms with Crippen molar-refractivity contribution in [3.8, 4) is 0 Å². The van der Waals surface area contributed by atoms with Gasteiger partial charge in [0.15, 0.2) is 0 Å². The minimum atomic E-state index is -1.06. The number of carboxylic acids is 1. The maximum absolute atomic E-state index is 12.0. The van der Waals surface area contributed by atoms with Crippen molar-refractivity contribution in [3.05, 3.63) is 21.9 Å². The molecule has 1 aliphatic heterocycles. The number of nitrogens with zero attached hydrogens (tertiary/aromatic N) is 2. The van der Waals surface area contributed by atoms with Gasteiger partial charge in [0.2, 0.25) is 5.91 Å². The molecule has 0 aromatic rings. The average Bonchev–Trinajstić information content (AvgIpc) is 3.05. The third-order valence-electron chi connectivity index (χ3n) is 4.45. The van der Waals surface area contributed by atoms with Crippen molar-refractivity contribution in [2.45, 2.75) is 46.0 Å². The third-order valence-corrected chi connectivity index (χ3v) is 6.79. The molecule has 1 amide bonds. The van der Waals surface area contributed by atoms with Crippen LogP contribution in [0.1, 0.15) is 46.0 Å². The van der Waals surface area contributed by atoms with Gasteiger partial charge in [-0.1, -0.05) is 49.9 Å². The number of allylic oxidation sites excluding steroid dienone is 1. The number of nitrogens with one attached hydrogen (secondary N) is 1. The molecule has 2 rings (SSSR count). The van der Waals surface area contributed by atoms with Crippen molar-refractivity contribution in [1.82, 2.24) is 5.32 Å². The quantitative estimate of drug-likeness (QED) is 0.226. The predicted octanol–water partition coefficient (Wildman–Crippen LogP) is 3.34. The van der Waals surface area contributed by atoms with Gasteiger partial charge in [0.05, 0.1) is 13.7 Å². The number of carbonyl (C=O) groups is 2. The van der Waals surface area contributed by atoms with E-state index < -0.39 is 11.1 Å². The molecule has 11 heteroatoms. The fourth-order valence-corrected chi connectivity index (χ4v) is 4.64. The lowest BCUT2D eigenvalue weighted by atomic mass is 10.1. The number of hydrogen-bond donors (Lipinski definition) is 2. The molecule has 9 nitrogen and oxygen atoms in total. The molecule has 164 valence electrons. The largest absolute Gasteiger partial charge is 0.477 e. The number of aliphatic imine (C=N–C) groups is 1. The summed E-state index contributed by atoms with van der Waals surface area (Å²) in [6, 6.07) is 0. The lowest BCUT2D eigenvalue weighted by molar-refractivity contribution is -0.749. The highest BCUT2D eigenvalue weighted by molar-refractivity contribution is 8.39. The van der Waals surface area contributed by atoms with Crippen LogP contribution in [0.5, 0.6) is 0 Å². The number of hydrogen-bond acceptors (Lipinski definition) is 8. The molecule has 2 N–H and O–H groups in total.